The van der Waals surface area contributed by atoms with Crippen molar-refractivity contribution in [1.29, 1.82) is 0 Å². The molecule has 1 aromatic carbocycles. The van der Waals surface area contributed by atoms with E-state index in [1.807, 2.05) is 0 Å². The minimum atomic E-state index is -1.22. The largest absolute Gasteiger partial charge is 0.480 e. The number of amides is 4. The van der Waals surface area contributed by atoms with E-state index in [0.717, 1.165) is 5.56 Å². The number of carbonyl (C=O) groups is 5. The van der Waals surface area contributed by atoms with Crippen LogP contribution in [0.2, 0.25) is 0 Å². The third-order valence-electron chi connectivity index (χ3n) is 4.15. The van der Waals surface area contributed by atoms with Gasteiger partial charge in [0, 0.05) is 6.42 Å². The quantitative estimate of drug-likeness (QED) is 0.238. The van der Waals surface area contributed by atoms with Crippen LogP contribution in [0.25, 0.3) is 0 Å². The van der Waals surface area contributed by atoms with Crippen LogP contribution in [0.15, 0.2) is 30.3 Å². The van der Waals surface area contributed by atoms with Crippen LogP contribution >= 0.6 is 0 Å². The molecule has 0 spiro atoms. The first-order valence-electron chi connectivity index (χ1n) is 9.23. The number of rotatable bonds is 11. The van der Waals surface area contributed by atoms with Gasteiger partial charge in [0.15, 0.2) is 0 Å². The Morgan fingerprint density at radius 2 is 1.47 bits per heavy atom. The van der Waals surface area contributed by atoms with Gasteiger partial charge < -0.3 is 32.5 Å². The van der Waals surface area contributed by atoms with Crippen LogP contribution in [-0.2, 0) is 30.4 Å². The van der Waals surface area contributed by atoms with Crippen LogP contribution in [0.4, 0.5) is 0 Å². The highest BCUT2D eigenvalue weighted by molar-refractivity contribution is 5.94. The Kier molecular flexibility index (Phi) is 9.43. The van der Waals surface area contributed by atoms with Crippen LogP contribution in [0.3, 0.4) is 0 Å². The average Bonchev–Trinajstić information content (AvgIpc) is 2.67. The molecule has 4 amide bonds. The Morgan fingerprint density at radius 1 is 0.900 bits per heavy atom. The van der Waals surface area contributed by atoms with Gasteiger partial charge in [0.1, 0.15) is 18.1 Å². The highest BCUT2D eigenvalue weighted by atomic mass is 16.4. The van der Waals surface area contributed by atoms with E-state index in [-0.39, 0.29) is 12.8 Å². The van der Waals surface area contributed by atoms with E-state index in [9.17, 15) is 24.0 Å². The SMILES string of the molecule is CC(NC(=O)C(Cc1ccccc1)NC(=O)C(C)NC(=O)C(N)CC(N)=O)C(=O)O. The number of nitrogens with two attached hydrogens (primary N) is 2. The van der Waals surface area contributed by atoms with Crippen LogP contribution in [-0.4, -0.2) is 58.9 Å². The van der Waals surface area contributed by atoms with Gasteiger partial charge >= 0.3 is 5.97 Å². The number of carbonyl (C=O) groups excluding carboxylic acids is 4. The van der Waals surface area contributed by atoms with Crippen LogP contribution < -0.4 is 27.4 Å². The maximum absolute atomic E-state index is 12.5. The Hall–Kier alpha value is -3.47. The van der Waals surface area contributed by atoms with E-state index in [2.05, 4.69) is 16.0 Å². The first-order valence-corrected chi connectivity index (χ1v) is 9.23. The first kappa shape index (κ1) is 24.6. The summed E-state index contributed by atoms with van der Waals surface area (Å²) in [5, 5.41) is 16.2. The number of hydrogen-bond acceptors (Lipinski definition) is 6. The zero-order valence-electron chi connectivity index (χ0n) is 16.8. The van der Waals surface area contributed by atoms with E-state index in [0.29, 0.717) is 0 Å². The van der Waals surface area contributed by atoms with Crippen molar-refractivity contribution in [2.75, 3.05) is 0 Å². The lowest BCUT2D eigenvalue weighted by atomic mass is 10.0. The standard InChI is InChI=1S/C19H27N5O6/c1-10(22-17(27)13(20)9-15(21)25)16(26)24-14(8-12-6-4-3-5-7-12)18(28)23-11(2)19(29)30/h3-7,10-11,13-14H,8-9,20H2,1-2H3,(H2,21,25)(H,22,27)(H,23,28)(H,24,26)(H,29,30). The first-order chi connectivity index (χ1) is 14.0. The van der Waals surface area contributed by atoms with Gasteiger partial charge in [0.2, 0.25) is 23.6 Å². The van der Waals surface area contributed by atoms with Crippen molar-refractivity contribution in [3.8, 4) is 0 Å². The molecule has 0 bridgehead atoms. The molecule has 0 aliphatic carbocycles. The molecule has 1 aromatic rings. The second kappa shape index (κ2) is 11.5. The number of aliphatic carboxylic acids is 1. The molecule has 4 unspecified atom stereocenters. The fourth-order valence-electron chi connectivity index (χ4n) is 2.43. The molecule has 0 radical (unpaired) electrons. The van der Waals surface area contributed by atoms with Crippen molar-refractivity contribution in [1.82, 2.24) is 16.0 Å². The van der Waals surface area contributed by atoms with Gasteiger partial charge in [-0.1, -0.05) is 30.3 Å². The van der Waals surface area contributed by atoms with E-state index >= 15 is 0 Å². The summed E-state index contributed by atoms with van der Waals surface area (Å²) in [5.74, 6) is -4.11. The fourth-order valence-corrected chi connectivity index (χ4v) is 2.43. The molecule has 8 N–H and O–H groups in total. The zero-order valence-corrected chi connectivity index (χ0v) is 16.8. The number of carboxylic acid groups (broad SMARTS) is 1. The smallest absolute Gasteiger partial charge is 0.325 e. The van der Waals surface area contributed by atoms with E-state index in [4.69, 9.17) is 16.6 Å². The van der Waals surface area contributed by atoms with Crippen molar-refractivity contribution in [3.63, 3.8) is 0 Å². The number of nitrogens with one attached hydrogen (secondary N) is 3. The van der Waals surface area contributed by atoms with E-state index in [1.165, 1.54) is 13.8 Å². The van der Waals surface area contributed by atoms with Crippen molar-refractivity contribution in [2.45, 2.75) is 50.9 Å². The summed E-state index contributed by atoms with van der Waals surface area (Å²) in [6, 6.07) is 4.29. The summed E-state index contributed by atoms with van der Waals surface area (Å²) < 4.78 is 0. The number of benzene rings is 1. The highest BCUT2D eigenvalue weighted by Gasteiger charge is 2.27. The van der Waals surface area contributed by atoms with Crippen molar-refractivity contribution >= 4 is 29.6 Å². The summed E-state index contributed by atoms with van der Waals surface area (Å²) >= 11 is 0. The maximum Gasteiger partial charge on any atom is 0.325 e. The van der Waals surface area contributed by atoms with Crippen molar-refractivity contribution in [2.24, 2.45) is 11.5 Å². The Balaban J connectivity index is 2.84. The molecule has 1 rings (SSSR count). The Morgan fingerprint density at radius 3 is 2.00 bits per heavy atom. The molecule has 0 heterocycles. The number of carboxylic acids is 1. The monoisotopic (exact) mass is 421 g/mol. The molecule has 0 aliphatic rings. The van der Waals surface area contributed by atoms with Gasteiger partial charge in [-0.2, -0.15) is 0 Å². The molecule has 4 atom stereocenters. The van der Waals surface area contributed by atoms with E-state index < -0.39 is 53.8 Å². The minimum Gasteiger partial charge on any atom is -0.480 e. The van der Waals surface area contributed by atoms with Crippen molar-refractivity contribution in [3.05, 3.63) is 35.9 Å². The normalized spacial score (nSPS) is 14.5. The molecule has 0 aromatic heterocycles. The second-order valence-electron chi connectivity index (χ2n) is 6.83. The zero-order chi connectivity index (χ0) is 22.8. The molecule has 11 heteroatoms. The maximum atomic E-state index is 12.5. The summed E-state index contributed by atoms with van der Waals surface area (Å²) in [5.41, 5.74) is 11.3. The van der Waals surface area contributed by atoms with Crippen LogP contribution in [0.1, 0.15) is 25.8 Å². The molecule has 0 fully saturated rings. The summed E-state index contributed by atoms with van der Waals surface area (Å²) in [4.78, 5) is 58.8. The molecular formula is C19H27N5O6. The van der Waals surface area contributed by atoms with Crippen molar-refractivity contribution < 1.29 is 29.1 Å². The Labute approximate surface area is 173 Å². The topological polar surface area (TPSA) is 194 Å². The lowest BCUT2D eigenvalue weighted by Crippen LogP contribution is -2.56. The van der Waals surface area contributed by atoms with Gasteiger partial charge in [-0.25, -0.2) is 0 Å². The minimum absolute atomic E-state index is 0.104. The van der Waals surface area contributed by atoms with Crippen LogP contribution in [0.5, 0.6) is 0 Å². The molecular weight excluding hydrogens is 394 g/mol. The van der Waals surface area contributed by atoms with Gasteiger partial charge in [-0.15, -0.1) is 0 Å². The van der Waals surface area contributed by atoms with Crippen LogP contribution in [0, 0.1) is 0 Å². The molecule has 0 saturated heterocycles. The second-order valence-corrected chi connectivity index (χ2v) is 6.83. The molecule has 11 nitrogen and oxygen atoms in total. The van der Waals surface area contributed by atoms with Gasteiger partial charge in [-0.05, 0) is 19.4 Å². The predicted molar refractivity (Wildman–Crippen MR) is 107 cm³/mol. The Bertz CT molecular complexity index is 785. The third kappa shape index (κ3) is 8.27. The fraction of sp³-hybridized carbons (Fsp3) is 0.421. The molecule has 0 aliphatic heterocycles. The lowest BCUT2D eigenvalue weighted by molar-refractivity contribution is -0.141. The van der Waals surface area contributed by atoms with Gasteiger partial charge in [-0.3, -0.25) is 24.0 Å². The predicted octanol–water partition coefficient (Wildman–Crippen LogP) is -1.99. The number of hydrogen-bond donors (Lipinski definition) is 6. The summed E-state index contributed by atoms with van der Waals surface area (Å²) in [6.45, 7) is 2.67. The third-order valence-corrected chi connectivity index (χ3v) is 4.15. The average molecular weight is 421 g/mol. The summed E-state index contributed by atoms with van der Waals surface area (Å²) in [7, 11) is 0. The molecule has 0 saturated carbocycles. The lowest BCUT2D eigenvalue weighted by Gasteiger charge is -2.23. The molecule has 164 valence electrons. The van der Waals surface area contributed by atoms with Gasteiger partial charge in [0.05, 0.1) is 12.5 Å². The highest BCUT2D eigenvalue weighted by Crippen LogP contribution is 2.05. The molecule has 30 heavy (non-hydrogen) atoms. The van der Waals surface area contributed by atoms with Gasteiger partial charge in [0.25, 0.3) is 0 Å². The van der Waals surface area contributed by atoms with E-state index in [1.54, 1.807) is 30.3 Å². The summed E-state index contributed by atoms with van der Waals surface area (Å²) in [6.07, 6.45) is -0.279. The number of primary amides is 1.